The first kappa shape index (κ1) is 18.6. The summed E-state index contributed by atoms with van der Waals surface area (Å²) in [6, 6.07) is 4.43. The molecule has 28 heavy (non-hydrogen) atoms. The summed E-state index contributed by atoms with van der Waals surface area (Å²) in [5, 5.41) is 8.50. The van der Waals surface area contributed by atoms with Gasteiger partial charge in [0, 0.05) is 13.1 Å². The molecule has 3 aliphatic rings. The number of anilines is 2. The molecule has 1 atom stereocenters. The largest absolute Gasteiger partial charge is 0.479 e. The number of amides is 4. The minimum absolute atomic E-state index is 0.0782. The number of nitrogens with one attached hydrogen (secondary N) is 3. The quantitative estimate of drug-likeness (QED) is 0.742. The van der Waals surface area contributed by atoms with Crippen LogP contribution in [0, 0.1) is 5.92 Å². The van der Waals surface area contributed by atoms with Crippen LogP contribution in [0.5, 0.6) is 5.75 Å². The van der Waals surface area contributed by atoms with Crippen LogP contribution < -0.4 is 20.7 Å². The molecule has 0 aromatic heterocycles. The Bertz CT molecular complexity index is 775. The first-order chi connectivity index (χ1) is 13.6. The zero-order valence-corrected chi connectivity index (χ0v) is 15.8. The monoisotopic (exact) mass is 386 g/mol. The maximum absolute atomic E-state index is 13.0. The second-order valence-corrected chi connectivity index (χ2v) is 7.69. The number of urea groups is 1. The maximum atomic E-state index is 13.0. The Kier molecular flexibility index (Phi) is 5.36. The Hall–Kier alpha value is -2.77. The van der Waals surface area contributed by atoms with Crippen LogP contribution >= 0.6 is 0 Å². The van der Waals surface area contributed by atoms with Crippen molar-refractivity contribution in [2.45, 2.75) is 44.6 Å². The van der Waals surface area contributed by atoms with Crippen LogP contribution in [0.4, 0.5) is 16.2 Å². The first-order valence-corrected chi connectivity index (χ1v) is 10.0. The van der Waals surface area contributed by atoms with Crippen molar-refractivity contribution in [1.82, 2.24) is 10.2 Å². The highest BCUT2D eigenvalue weighted by Gasteiger charge is 2.35. The van der Waals surface area contributed by atoms with Gasteiger partial charge in [0.2, 0.25) is 5.91 Å². The fourth-order valence-corrected chi connectivity index (χ4v) is 4.33. The molecule has 8 nitrogen and oxygen atoms in total. The summed E-state index contributed by atoms with van der Waals surface area (Å²) in [4.78, 5) is 38.6. The van der Waals surface area contributed by atoms with E-state index in [0.29, 0.717) is 42.6 Å². The Balaban J connectivity index is 1.49. The summed E-state index contributed by atoms with van der Waals surface area (Å²) < 4.78 is 5.50. The highest BCUT2D eigenvalue weighted by atomic mass is 16.5. The molecule has 2 aliphatic heterocycles. The van der Waals surface area contributed by atoms with Gasteiger partial charge in [-0.3, -0.25) is 9.59 Å². The second-order valence-electron chi connectivity index (χ2n) is 7.69. The standard InChI is InChI=1S/C20H26N4O4/c25-17-12-28-18-14(22-17)7-4-8-15(18)23-20(27)24-10-9-21-19(26)16(24)11-13-5-2-1-3-6-13/h4,7-8,13,16H,1-3,5-6,9-12H2,(H,21,26)(H,22,25)(H,23,27). The van der Waals surface area contributed by atoms with Gasteiger partial charge in [-0.05, 0) is 24.5 Å². The Morgan fingerprint density at radius 2 is 2.04 bits per heavy atom. The molecule has 0 spiro atoms. The van der Waals surface area contributed by atoms with Crippen LogP contribution in [-0.2, 0) is 9.59 Å². The number of rotatable bonds is 3. The molecule has 2 heterocycles. The molecule has 3 N–H and O–H groups in total. The van der Waals surface area contributed by atoms with E-state index in [1.807, 2.05) is 0 Å². The van der Waals surface area contributed by atoms with Crippen molar-refractivity contribution in [3.63, 3.8) is 0 Å². The molecule has 150 valence electrons. The summed E-state index contributed by atoms with van der Waals surface area (Å²) in [6.45, 7) is 0.838. The van der Waals surface area contributed by atoms with Gasteiger partial charge in [-0.25, -0.2) is 4.79 Å². The number of piperazine rings is 1. The van der Waals surface area contributed by atoms with Gasteiger partial charge >= 0.3 is 6.03 Å². The number of ether oxygens (including phenoxy) is 1. The van der Waals surface area contributed by atoms with E-state index in [1.165, 1.54) is 19.3 Å². The highest BCUT2D eigenvalue weighted by Crippen LogP contribution is 2.36. The van der Waals surface area contributed by atoms with Gasteiger partial charge in [0.05, 0.1) is 11.4 Å². The van der Waals surface area contributed by atoms with Crippen LogP contribution in [0.1, 0.15) is 38.5 Å². The van der Waals surface area contributed by atoms with Gasteiger partial charge in [-0.1, -0.05) is 38.2 Å². The van der Waals surface area contributed by atoms with Gasteiger partial charge in [-0.2, -0.15) is 0 Å². The first-order valence-electron chi connectivity index (χ1n) is 10.0. The van der Waals surface area contributed by atoms with E-state index in [9.17, 15) is 14.4 Å². The Morgan fingerprint density at radius 1 is 1.21 bits per heavy atom. The van der Waals surface area contributed by atoms with Crippen molar-refractivity contribution in [2.24, 2.45) is 5.92 Å². The van der Waals surface area contributed by atoms with E-state index >= 15 is 0 Å². The van der Waals surface area contributed by atoms with Crippen LogP contribution in [0.15, 0.2) is 18.2 Å². The molecule has 1 saturated carbocycles. The third-order valence-electron chi connectivity index (χ3n) is 5.75. The number of para-hydroxylation sites is 1. The van der Waals surface area contributed by atoms with Crippen molar-refractivity contribution < 1.29 is 19.1 Å². The summed E-state index contributed by atoms with van der Waals surface area (Å²) in [5.41, 5.74) is 1.02. The van der Waals surface area contributed by atoms with E-state index in [2.05, 4.69) is 16.0 Å². The van der Waals surface area contributed by atoms with Gasteiger partial charge in [0.15, 0.2) is 12.4 Å². The molecule has 1 aromatic carbocycles. The fraction of sp³-hybridized carbons (Fsp3) is 0.550. The molecular formula is C20H26N4O4. The van der Waals surface area contributed by atoms with E-state index in [0.717, 1.165) is 12.8 Å². The Labute approximate surface area is 164 Å². The van der Waals surface area contributed by atoms with Crippen molar-refractivity contribution in [3.05, 3.63) is 18.2 Å². The van der Waals surface area contributed by atoms with E-state index in [1.54, 1.807) is 23.1 Å². The summed E-state index contributed by atoms with van der Waals surface area (Å²) >= 11 is 0. The van der Waals surface area contributed by atoms with Crippen LogP contribution in [0.3, 0.4) is 0 Å². The topological polar surface area (TPSA) is 99.8 Å². The average molecular weight is 386 g/mol. The number of carbonyl (C=O) groups excluding carboxylic acids is 3. The minimum atomic E-state index is -0.447. The van der Waals surface area contributed by atoms with Crippen molar-refractivity contribution >= 4 is 29.2 Å². The lowest BCUT2D eigenvalue weighted by Crippen LogP contribution is -2.58. The molecule has 1 unspecified atom stereocenters. The van der Waals surface area contributed by atoms with Crippen molar-refractivity contribution in [1.29, 1.82) is 0 Å². The normalized spacial score (nSPS) is 22.6. The molecule has 4 amide bonds. The smallest absolute Gasteiger partial charge is 0.322 e. The Morgan fingerprint density at radius 3 is 2.86 bits per heavy atom. The molecule has 8 heteroatoms. The van der Waals surface area contributed by atoms with Gasteiger partial charge in [0.25, 0.3) is 5.91 Å². The third-order valence-corrected chi connectivity index (χ3v) is 5.75. The zero-order chi connectivity index (χ0) is 19.5. The van der Waals surface area contributed by atoms with Crippen LogP contribution in [-0.4, -0.2) is 48.5 Å². The van der Waals surface area contributed by atoms with Gasteiger partial charge < -0.3 is 25.6 Å². The van der Waals surface area contributed by atoms with Crippen LogP contribution in [0.2, 0.25) is 0 Å². The predicted octanol–water partition coefficient (Wildman–Crippen LogP) is 2.32. The van der Waals surface area contributed by atoms with Gasteiger partial charge in [0.1, 0.15) is 6.04 Å². The molecule has 0 radical (unpaired) electrons. The number of hydrogen-bond donors (Lipinski definition) is 3. The lowest BCUT2D eigenvalue weighted by atomic mass is 9.84. The molecule has 2 fully saturated rings. The van der Waals surface area contributed by atoms with E-state index < -0.39 is 6.04 Å². The SMILES string of the molecule is O=C1COc2c(cccc2NC(=O)N2CCNC(=O)C2CC2CCCCC2)N1. The van der Waals surface area contributed by atoms with Crippen molar-refractivity contribution in [3.8, 4) is 5.75 Å². The van der Waals surface area contributed by atoms with E-state index in [4.69, 9.17) is 4.74 Å². The average Bonchev–Trinajstić information content (AvgIpc) is 2.70. The minimum Gasteiger partial charge on any atom is -0.479 e. The molecule has 4 rings (SSSR count). The predicted molar refractivity (Wildman–Crippen MR) is 104 cm³/mol. The summed E-state index contributed by atoms with van der Waals surface area (Å²) in [6.07, 6.45) is 6.61. The maximum Gasteiger partial charge on any atom is 0.322 e. The number of nitrogens with zero attached hydrogens (tertiary/aromatic N) is 1. The lowest BCUT2D eigenvalue weighted by Gasteiger charge is -2.37. The second kappa shape index (κ2) is 8.08. The number of carbonyl (C=O) groups is 3. The summed E-state index contributed by atoms with van der Waals surface area (Å²) in [7, 11) is 0. The molecule has 1 aliphatic carbocycles. The summed E-state index contributed by atoms with van der Waals surface area (Å²) in [5.74, 6) is 0.628. The third kappa shape index (κ3) is 3.90. The molecule has 1 saturated heterocycles. The molecule has 1 aromatic rings. The number of fused-ring (bicyclic) bond motifs is 1. The highest BCUT2D eigenvalue weighted by molar-refractivity contribution is 6.00. The van der Waals surface area contributed by atoms with Gasteiger partial charge in [-0.15, -0.1) is 0 Å². The lowest BCUT2D eigenvalue weighted by molar-refractivity contribution is -0.128. The molecular weight excluding hydrogens is 360 g/mol. The number of benzene rings is 1. The van der Waals surface area contributed by atoms with E-state index in [-0.39, 0.29) is 24.5 Å². The molecule has 0 bridgehead atoms. The zero-order valence-electron chi connectivity index (χ0n) is 15.8. The van der Waals surface area contributed by atoms with Crippen LogP contribution in [0.25, 0.3) is 0 Å². The number of hydrogen-bond acceptors (Lipinski definition) is 4. The fourth-order valence-electron chi connectivity index (χ4n) is 4.33. The van der Waals surface area contributed by atoms with Crippen molar-refractivity contribution in [2.75, 3.05) is 30.3 Å².